The third-order valence-electron chi connectivity index (χ3n) is 1.77. The lowest BCUT2D eigenvalue weighted by molar-refractivity contribution is -0.147. The molecule has 6 N–H and O–H groups in total. The summed E-state index contributed by atoms with van der Waals surface area (Å²) in [4.78, 5) is 10.00. The molecule has 14 heavy (non-hydrogen) atoms. The topological polar surface area (TPSA) is 138 Å². The van der Waals surface area contributed by atoms with Crippen molar-refractivity contribution >= 4 is 6.29 Å². The van der Waals surface area contributed by atoms with Gasteiger partial charge in [0, 0.05) is 0 Å². The van der Waals surface area contributed by atoms with Crippen molar-refractivity contribution in [1.29, 1.82) is 0 Å². The van der Waals surface area contributed by atoms with Crippen LogP contribution in [-0.4, -0.2) is 74.1 Å². The zero-order valence-corrected chi connectivity index (χ0v) is 7.26. The minimum absolute atomic E-state index is 0.0219. The third-order valence-corrected chi connectivity index (χ3v) is 1.77. The van der Waals surface area contributed by atoms with Crippen molar-refractivity contribution in [3.63, 3.8) is 0 Å². The lowest BCUT2D eigenvalue weighted by Crippen LogP contribution is -2.50. The summed E-state index contributed by atoms with van der Waals surface area (Å²) in [6.07, 6.45) is -9.21. The first kappa shape index (κ1) is 13.4. The minimum Gasteiger partial charge on any atom is -0.394 e. The average molecular weight is 210 g/mol. The van der Waals surface area contributed by atoms with Gasteiger partial charge in [0.05, 0.1) is 6.61 Å². The monoisotopic (exact) mass is 210 g/mol. The van der Waals surface area contributed by atoms with Gasteiger partial charge in [-0.25, -0.2) is 0 Å². The molecule has 0 radical (unpaired) electrons. The number of carbonyl (C=O) groups is 1. The number of aldehydes is 1. The number of hydrogen-bond donors (Lipinski definition) is 6. The van der Waals surface area contributed by atoms with E-state index in [2.05, 4.69) is 0 Å². The number of aliphatic hydroxyl groups is 6. The van der Waals surface area contributed by atoms with Gasteiger partial charge < -0.3 is 35.4 Å². The van der Waals surface area contributed by atoms with E-state index >= 15 is 0 Å². The van der Waals surface area contributed by atoms with Crippen LogP contribution in [0.25, 0.3) is 0 Å². The summed E-state index contributed by atoms with van der Waals surface area (Å²) in [5, 5.41) is 53.2. The highest BCUT2D eigenvalue weighted by atomic mass is 16.4. The predicted molar refractivity (Wildman–Crippen MR) is 43.2 cm³/mol. The molecule has 0 aliphatic rings. The van der Waals surface area contributed by atoms with Crippen LogP contribution >= 0.6 is 0 Å². The standard InChI is InChI=1S/C7H14O7/c8-1-3(10)5(12)7(14)6(13)4(11)2-9/h1,3-7,9-14H,2H2/t3-,4-,5+,6-,7-/m1/s1. The Morgan fingerprint density at radius 1 is 0.929 bits per heavy atom. The molecule has 0 amide bonds. The molecule has 7 nitrogen and oxygen atoms in total. The molecule has 0 aromatic rings. The Kier molecular flexibility index (Phi) is 5.77. The van der Waals surface area contributed by atoms with E-state index in [1.54, 1.807) is 0 Å². The third kappa shape index (κ3) is 3.29. The molecule has 84 valence electrons. The summed E-state index contributed by atoms with van der Waals surface area (Å²) < 4.78 is 0. The Balaban J connectivity index is 4.29. The zero-order chi connectivity index (χ0) is 11.3. The molecular weight excluding hydrogens is 196 g/mol. The van der Waals surface area contributed by atoms with Crippen LogP contribution in [0.1, 0.15) is 0 Å². The van der Waals surface area contributed by atoms with Crippen LogP contribution in [0.2, 0.25) is 0 Å². The van der Waals surface area contributed by atoms with Crippen molar-refractivity contribution in [2.24, 2.45) is 0 Å². The number of aliphatic hydroxyl groups excluding tert-OH is 6. The van der Waals surface area contributed by atoms with Crippen LogP contribution in [-0.2, 0) is 4.79 Å². The highest BCUT2D eigenvalue weighted by Crippen LogP contribution is 2.07. The van der Waals surface area contributed by atoms with Crippen LogP contribution in [0, 0.1) is 0 Å². The second kappa shape index (κ2) is 6.02. The smallest absolute Gasteiger partial charge is 0.151 e. The van der Waals surface area contributed by atoms with E-state index < -0.39 is 37.1 Å². The summed E-state index contributed by atoms with van der Waals surface area (Å²) in [5.74, 6) is 0. The molecule has 7 heteroatoms. The summed E-state index contributed by atoms with van der Waals surface area (Å²) in [7, 11) is 0. The Bertz CT molecular complexity index is 173. The maximum Gasteiger partial charge on any atom is 0.151 e. The van der Waals surface area contributed by atoms with Gasteiger partial charge >= 0.3 is 0 Å². The Morgan fingerprint density at radius 2 is 1.43 bits per heavy atom. The molecule has 5 atom stereocenters. The van der Waals surface area contributed by atoms with Gasteiger partial charge in [-0.1, -0.05) is 0 Å². The van der Waals surface area contributed by atoms with Crippen LogP contribution in [0.3, 0.4) is 0 Å². The fraction of sp³-hybridized carbons (Fsp3) is 0.857. The molecule has 0 heterocycles. The first-order valence-electron chi connectivity index (χ1n) is 3.92. The fourth-order valence-electron chi connectivity index (χ4n) is 0.820. The highest BCUT2D eigenvalue weighted by molar-refractivity contribution is 5.56. The van der Waals surface area contributed by atoms with Gasteiger partial charge in [0.2, 0.25) is 0 Å². The predicted octanol–water partition coefficient (Wildman–Crippen LogP) is -4.02. The van der Waals surface area contributed by atoms with E-state index in [0.717, 1.165) is 0 Å². The minimum atomic E-state index is -1.92. The largest absolute Gasteiger partial charge is 0.394 e. The maximum absolute atomic E-state index is 10.00. The number of carbonyl (C=O) groups excluding carboxylic acids is 1. The molecule has 0 bridgehead atoms. The van der Waals surface area contributed by atoms with Gasteiger partial charge in [0.1, 0.15) is 30.5 Å². The van der Waals surface area contributed by atoms with Crippen molar-refractivity contribution < 1.29 is 35.4 Å². The first-order chi connectivity index (χ1) is 6.45. The second-order valence-electron chi connectivity index (χ2n) is 2.85. The Morgan fingerprint density at radius 3 is 1.79 bits per heavy atom. The van der Waals surface area contributed by atoms with Crippen molar-refractivity contribution in [3.05, 3.63) is 0 Å². The van der Waals surface area contributed by atoms with Crippen LogP contribution in [0.5, 0.6) is 0 Å². The molecule has 0 saturated heterocycles. The molecule has 0 aromatic heterocycles. The first-order valence-corrected chi connectivity index (χ1v) is 3.92. The summed E-state index contributed by atoms with van der Waals surface area (Å²) in [6, 6.07) is 0. The van der Waals surface area contributed by atoms with Gasteiger partial charge in [-0.2, -0.15) is 0 Å². The molecule has 0 unspecified atom stereocenters. The van der Waals surface area contributed by atoms with Crippen LogP contribution < -0.4 is 0 Å². The van der Waals surface area contributed by atoms with E-state index in [1.807, 2.05) is 0 Å². The van der Waals surface area contributed by atoms with Gasteiger partial charge in [-0.05, 0) is 0 Å². The molecule has 0 rings (SSSR count). The van der Waals surface area contributed by atoms with E-state index in [0.29, 0.717) is 0 Å². The van der Waals surface area contributed by atoms with Gasteiger partial charge in [0.25, 0.3) is 0 Å². The number of hydrogen-bond acceptors (Lipinski definition) is 7. The zero-order valence-electron chi connectivity index (χ0n) is 7.26. The van der Waals surface area contributed by atoms with Crippen molar-refractivity contribution in [2.45, 2.75) is 30.5 Å². The average Bonchev–Trinajstić information content (AvgIpc) is 2.23. The quantitative estimate of drug-likeness (QED) is 0.245. The summed E-state index contributed by atoms with van der Waals surface area (Å²) in [6.45, 7) is -0.817. The lowest BCUT2D eigenvalue weighted by Gasteiger charge is -2.26. The Labute approximate surface area is 79.9 Å². The number of rotatable bonds is 6. The van der Waals surface area contributed by atoms with E-state index in [4.69, 9.17) is 30.6 Å². The molecule has 0 aliphatic heterocycles. The van der Waals surface area contributed by atoms with Crippen LogP contribution in [0.15, 0.2) is 0 Å². The van der Waals surface area contributed by atoms with Crippen LogP contribution in [0.4, 0.5) is 0 Å². The van der Waals surface area contributed by atoms with Gasteiger partial charge in [-0.15, -0.1) is 0 Å². The molecule has 0 fully saturated rings. The maximum atomic E-state index is 10.00. The van der Waals surface area contributed by atoms with Crippen molar-refractivity contribution in [3.8, 4) is 0 Å². The second-order valence-corrected chi connectivity index (χ2v) is 2.85. The SMILES string of the molecule is O=C[C@@H](O)[C@H](O)[C@@H](O)[C@H](O)[C@H](O)CO. The Hall–Kier alpha value is -0.570. The normalized spacial score (nSPS) is 22.1. The van der Waals surface area contributed by atoms with Crippen molar-refractivity contribution in [1.82, 2.24) is 0 Å². The molecular formula is C7H14O7. The molecule has 0 spiro atoms. The summed E-state index contributed by atoms with van der Waals surface area (Å²) in [5.41, 5.74) is 0. The molecule has 0 aliphatic carbocycles. The van der Waals surface area contributed by atoms with E-state index in [-0.39, 0.29) is 6.29 Å². The van der Waals surface area contributed by atoms with Crippen molar-refractivity contribution in [2.75, 3.05) is 6.61 Å². The van der Waals surface area contributed by atoms with E-state index in [1.165, 1.54) is 0 Å². The van der Waals surface area contributed by atoms with Gasteiger partial charge in [0.15, 0.2) is 6.29 Å². The van der Waals surface area contributed by atoms with E-state index in [9.17, 15) is 4.79 Å². The van der Waals surface area contributed by atoms with Gasteiger partial charge in [-0.3, -0.25) is 0 Å². The molecule has 0 saturated carbocycles. The molecule has 0 aromatic carbocycles. The fourth-order valence-corrected chi connectivity index (χ4v) is 0.820. The summed E-state index contributed by atoms with van der Waals surface area (Å²) >= 11 is 0. The lowest BCUT2D eigenvalue weighted by atomic mass is 10.0. The highest BCUT2D eigenvalue weighted by Gasteiger charge is 2.33.